The summed E-state index contributed by atoms with van der Waals surface area (Å²) in [6.45, 7) is 7.27. The van der Waals surface area contributed by atoms with E-state index in [-0.39, 0.29) is 0 Å². The van der Waals surface area contributed by atoms with Crippen LogP contribution < -0.4 is 5.73 Å². The highest BCUT2D eigenvalue weighted by Gasteiger charge is 2.19. The van der Waals surface area contributed by atoms with E-state index in [0.29, 0.717) is 0 Å². The molecule has 0 saturated carbocycles. The fourth-order valence-corrected chi connectivity index (χ4v) is 3.74. The third-order valence-corrected chi connectivity index (χ3v) is 4.81. The Hall–Kier alpha value is -1.39. The van der Waals surface area contributed by atoms with Crippen molar-refractivity contribution in [1.82, 2.24) is 9.88 Å². The first-order valence-electron chi connectivity index (χ1n) is 6.65. The number of aryl methyl sites for hydroxylation is 2. The molecule has 0 saturated heterocycles. The third-order valence-electron chi connectivity index (χ3n) is 3.75. The molecule has 2 aromatic rings. The van der Waals surface area contributed by atoms with Crippen molar-refractivity contribution in [2.24, 2.45) is 0 Å². The molecule has 0 aliphatic carbocycles. The van der Waals surface area contributed by atoms with Crippen LogP contribution in [0.25, 0.3) is 0 Å². The van der Waals surface area contributed by atoms with E-state index in [4.69, 9.17) is 5.73 Å². The first-order chi connectivity index (χ1) is 9.13. The second-order valence-corrected chi connectivity index (χ2v) is 6.47. The first kappa shape index (κ1) is 12.6. The van der Waals surface area contributed by atoms with Gasteiger partial charge in [-0.25, -0.2) is 4.98 Å². The zero-order valence-electron chi connectivity index (χ0n) is 11.4. The van der Waals surface area contributed by atoms with Gasteiger partial charge < -0.3 is 5.73 Å². The maximum Gasteiger partial charge on any atom is 0.0900 e. The molecule has 0 spiro atoms. The molecular weight excluding hydrogens is 254 g/mol. The molecule has 1 aromatic carbocycles. The molecule has 4 heteroatoms. The minimum atomic E-state index is 0.946. The van der Waals surface area contributed by atoms with Crippen molar-refractivity contribution in [3.05, 3.63) is 44.9 Å². The molecule has 0 radical (unpaired) electrons. The van der Waals surface area contributed by atoms with E-state index >= 15 is 0 Å². The smallest absolute Gasteiger partial charge is 0.0900 e. The predicted molar refractivity (Wildman–Crippen MR) is 80.3 cm³/mol. The van der Waals surface area contributed by atoms with Gasteiger partial charge in [-0.2, -0.15) is 0 Å². The average molecular weight is 273 g/mol. The molecule has 1 aromatic heterocycles. The molecule has 0 atom stereocenters. The van der Waals surface area contributed by atoms with Crippen molar-refractivity contribution in [1.29, 1.82) is 0 Å². The highest BCUT2D eigenvalue weighted by molar-refractivity contribution is 7.11. The number of anilines is 1. The number of fused-ring (bicyclic) bond motifs is 1. The molecule has 0 fully saturated rings. The number of rotatable bonds is 2. The van der Waals surface area contributed by atoms with E-state index in [2.05, 4.69) is 35.9 Å². The molecule has 3 rings (SSSR count). The standard InChI is InChI=1S/C15H19N3S/c1-10-15(19-11(2)17-10)9-18-7-6-13-12(8-18)4-3-5-14(13)16/h3-5H,6-9,16H2,1-2H3. The highest BCUT2D eigenvalue weighted by atomic mass is 32.1. The summed E-state index contributed by atoms with van der Waals surface area (Å²) in [7, 11) is 0. The Morgan fingerprint density at radius 2 is 2.21 bits per heavy atom. The summed E-state index contributed by atoms with van der Waals surface area (Å²) in [6.07, 6.45) is 1.05. The van der Waals surface area contributed by atoms with Gasteiger partial charge in [0.05, 0.1) is 10.7 Å². The van der Waals surface area contributed by atoms with E-state index in [9.17, 15) is 0 Å². The molecule has 0 amide bonds. The minimum absolute atomic E-state index is 0.946. The maximum atomic E-state index is 6.04. The minimum Gasteiger partial charge on any atom is -0.398 e. The monoisotopic (exact) mass is 273 g/mol. The van der Waals surface area contributed by atoms with Crippen molar-refractivity contribution in [2.45, 2.75) is 33.4 Å². The van der Waals surface area contributed by atoms with Crippen molar-refractivity contribution in [2.75, 3.05) is 12.3 Å². The quantitative estimate of drug-likeness (QED) is 0.856. The van der Waals surface area contributed by atoms with Gasteiger partial charge in [0, 0.05) is 30.2 Å². The van der Waals surface area contributed by atoms with Crippen LogP contribution >= 0.6 is 11.3 Å². The van der Waals surface area contributed by atoms with Crippen molar-refractivity contribution in [3.8, 4) is 0 Å². The Morgan fingerprint density at radius 3 is 2.95 bits per heavy atom. The number of benzene rings is 1. The fourth-order valence-electron chi connectivity index (χ4n) is 2.76. The molecule has 0 unspecified atom stereocenters. The van der Waals surface area contributed by atoms with Gasteiger partial charge in [0.1, 0.15) is 0 Å². The number of nitrogens with two attached hydrogens (primary N) is 1. The third kappa shape index (κ3) is 2.51. The van der Waals surface area contributed by atoms with Crippen LogP contribution in [0.15, 0.2) is 18.2 Å². The van der Waals surface area contributed by atoms with Crippen LogP contribution in [0.2, 0.25) is 0 Å². The molecule has 1 aliphatic heterocycles. The summed E-state index contributed by atoms with van der Waals surface area (Å²) in [5, 5.41) is 1.16. The predicted octanol–water partition coefficient (Wildman–Crippen LogP) is 2.90. The van der Waals surface area contributed by atoms with Crippen LogP contribution in [-0.2, 0) is 19.5 Å². The van der Waals surface area contributed by atoms with Crippen LogP contribution in [-0.4, -0.2) is 16.4 Å². The van der Waals surface area contributed by atoms with Crippen LogP contribution in [0.1, 0.15) is 26.7 Å². The van der Waals surface area contributed by atoms with Crippen molar-refractivity contribution < 1.29 is 0 Å². The van der Waals surface area contributed by atoms with E-state index in [1.165, 1.54) is 21.7 Å². The SMILES string of the molecule is Cc1nc(C)c(CN2CCc3c(N)cccc3C2)s1. The van der Waals surface area contributed by atoms with Gasteiger partial charge in [0.2, 0.25) is 0 Å². The Balaban J connectivity index is 1.77. The topological polar surface area (TPSA) is 42.2 Å². The normalized spacial score (nSPS) is 15.5. The molecule has 2 heterocycles. The lowest BCUT2D eigenvalue weighted by Crippen LogP contribution is -2.30. The summed E-state index contributed by atoms with van der Waals surface area (Å²) in [5.74, 6) is 0. The van der Waals surface area contributed by atoms with E-state index in [0.717, 1.165) is 36.8 Å². The number of thiazole rings is 1. The number of aromatic nitrogens is 1. The zero-order chi connectivity index (χ0) is 13.4. The van der Waals surface area contributed by atoms with E-state index in [1.54, 1.807) is 0 Å². The van der Waals surface area contributed by atoms with Gasteiger partial charge in [-0.1, -0.05) is 12.1 Å². The maximum absolute atomic E-state index is 6.04. The number of hydrogen-bond donors (Lipinski definition) is 1. The van der Waals surface area contributed by atoms with Gasteiger partial charge in [0.25, 0.3) is 0 Å². The fraction of sp³-hybridized carbons (Fsp3) is 0.400. The Bertz CT molecular complexity index is 603. The Kier molecular flexibility index (Phi) is 3.29. The van der Waals surface area contributed by atoms with Crippen LogP contribution in [0.4, 0.5) is 5.69 Å². The summed E-state index contributed by atoms with van der Waals surface area (Å²) in [5.41, 5.74) is 10.9. The van der Waals surface area contributed by atoms with Crippen LogP contribution in [0.3, 0.4) is 0 Å². The van der Waals surface area contributed by atoms with Gasteiger partial charge in [-0.05, 0) is 37.5 Å². The molecule has 3 nitrogen and oxygen atoms in total. The van der Waals surface area contributed by atoms with Crippen molar-refractivity contribution >= 4 is 17.0 Å². The molecule has 0 bridgehead atoms. The summed E-state index contributed by atoms with van der Waals surface area (Å²) < 4.78 is 0. The second-order valence-electron chi connectivity index (χ2n) is 5.19. The molecule has 1 aliphatic rings. The van der Waals surface area contributed by atoms with E-state index < -0.39 is 0 Å². The molecule has 19 heavy (non-hydrogen) atoms. The molecule has 2 N–H and O–H groups in total. The van der Waals surface area contributed by atoms with Gasteiger partial charge in [0.15, 0.2) is 0 Å². The Labute approximate surface area is 118 Å². The largest absolute Gasteiger partial charge is 0.398 e. The molecule has 100 valence electrons. The summed E-state index contributed by atoms with van der Waals surface area (Å²) in [6, 6.07) is 6.26. The summed E-state index contributed by atoms with van der Waals surface area (Å²) >= 11 is 1.81. The van der Waals surface area contributed by atoms with Crippen LogP contribution in [0.5, 0.6) is 0 Å². The van der Waals surface area contributed by atoms with Gasteiger partial charge >= 0.3 is 0 Å². The highest BCUT2D eigenvalue weighted by Crippen LogP contribution is 2.26. The average Bonchev–Trinajstić information content (AvgIpc) is 2.68. The lowest BCUT2D eigenvalue weighted by atomic mass is 9.98. The lowest BCUT2D eigenvalue weighted by molar-refractivity contribution is 0.247. The summed E-state index contributed by atoms with van der Waals surface area (Å²) in [4.78, 5) is 8.39. The second kappa shape index (κ2) is 4.94. The number of nitrogen functional groups attached to an aromatic ring is 1. The van der Waals surface area contributed by atoms with Crippen LogP contribution in [0, 0.1) is 13.8 Å². The van der Waals surface area contributed by atoms with E-state index in [1.807, 2.05) is 17.4 Å². The zero-order valence-corrected chi connectivity index (χ0v) is 12.3. The number of hydrogen-bond acceptors (Lipinski definition) is 4. The van der Waals surface area contributed by atoms with Gasteiger partial charge in [-0.3, -0.25) is 4.90 Å². The van der Waals surface area contributed by atoms with Gasteiger partial charge in [-0.15, -0.1) is 11.3 Å². The first-order valence-corrected chi connectivity index (χ1v) is 7.46. The lowest BCUT2D eigenvalue weighted by Gasteiger charge is -2.29. The molecular formula is C15H19N3S. The Morgan fingerprint density at radius 1 is 1.37 bits per heavy atom. The van der Waals surface area contributed by atoms with Crippen molar-refractivity contribution in [3.63, 3.8) is 0 Å². The number of nitrogens with zero attached hydrogens (tertiary/aromatic N) is 2.